The molecular weight excluding hydrogens is 400 g/mol. The van der Waals surface area contributed by atoms with Crippen LogP contribution in [-0.4, -0.2) is 20.8 Å². The molecule has 0 bridgehead atoms. The van der Waals surface area contributed by atoms with Crippen LogP contribution in [0.5, 0.6) is 17.2 Å². The zero-order valence-electron chi connectivity index (χ0n) is 14.8. The molecule has 0 aliphatic rings. The summed E-state index contributed by atoms with van der Waals surface area (Å²) in [6.07, 6.45) is 0.889. The molecule has 0 saturated heterocycles. The highest BCUT2D eigenvalue weighted by molar-refractivity contribution is 9.10. The first kappa shape index (κ1) is 18.3. The average molecular weight is 419 g/mol. The summed E-state index contributed by atoms with van der Waals surface area (Å²) < 4.78 is 23.0. The van der Waals surface area contributed by atoms with E-state index >= 15 is 0 Å². The van der Waals surface area contributed by atoms with Gasteiger partial charge in [-0.25, -0.2) is 0 Å². The second-order valence-electron chi connectivity index (χ2n) is 5.67. The molecule has 3 aromatic rings. The van der Waals surface area contributed by atoms with Crippen LogP contribution < -0.4 is 19.6 Å². The van der Waals surface area contributed by atoms with Gasteiger partial charge in [-0.3, -0.25) is 4.79 Å². The maximum Gasteiger partial charge on any atom is 0.193 e. The lowest BCUT2D eigenvalue weighted by molar-refractivity contribution is 0.315. The summed E-state index contributed by atoms with van der Waals surface area (Å²) >= 11 is 3.44. The molecule has 0 saturated carbocycles. The van der Waals surface area contributed by atoms with E-state index < -0.39 is 0 Å². The molecule has 0 amide bonds. The zero-order chi connectivity index (χ0) is 18.7. The molecule has 0 unspecified atom stereocenters. The van der Waals surface area contributed by atoms with Gasteiger partial charge in [-0.15, -0.1) is 0 Å². The molecule has 0 atom stereocenters. The number of methoxy groups -OCH3 is 2. The number of fused-ring (bicyclic) bond motifs is 1. The first-order valence-corrected chi connectivity index (χ1v) is 8.99. The summed E-state index contributed by atoms with van der Waals surface area (Å²) in [5.74, 6) is 2.27. The van der Waals surface area contributed by atoms with Crippen LogP contribution in [0.25, 0.3) is 22.3 Å². The molecule has 26 heavy (non-hydrogen) atoms. The summed E-state index contributed by atoms with van der Waals surface area (Å²) in [4.78, 5) is 12.6. The number of hydrogen-bond donors (Lipinski definition) is 0. The van der Waals surface area contributed by atoms with Gasteiger partial charge in [-0.2, -0.15) is 0 Å². The SMILES string of the molecule is CCCOc1cc2oc(-c3ccc(OC)c(OC)c3)cc(=O)c2cc1Br. The molecule has 3 rings (SSSR count). The van der Waals surface area contributed by atoms with Crippen LogP contribution in [0.3, 0.4) is 0 Å². The molecule has 0 spiro atoms. The van der Waals surface area contributed by atoms with Crippen LogP contribution in [0, 0.1) is 0 Å². The van der Waals surface area contributed by atoms with Crippen molar-refractivity contribution in [3.8, 4) is 28.6 Å². The molecule has 1 heterocycles. The summed E-state index contributed by atoms with van der Waals surface area (Å²) in [5.41, 5.74) is 1.07. The van der Waals surface area contributed by atoms with Crippen molar-refractivity contribution in [1.29, 1.82) is 0 Å². The summed E-state index contributed by atoms with van der Waals surface area (Å²) in [5, 5.41) is 0.491. The van der Waals surface area contributed by atoms with Crippen LogP contribution in [0.2, 0.25) is 0 Å². The van der Waals surface area contributed by atoms with Crippen molar-refractivity contribution in [2.24, 2.45) is 0 Å². The number of halogens is 1. The molecule has 0 radical (unpaired) electrons. The summed E-state index contributed by atoms with van der Waals surface area (Å²) in [6, 6.07) is 10.3. The van der Waals surface area contributed by atoms with Crippen LogP contribution in [0.4, 0.5) is 0 Å². The molecule has 0 N–H and O–H groups in total. The van der Waals surface area contributed by atoms with E-state index in [1.807, 2.05) is 13.0 Å². The standard InChI is InChI=1S/C20H19BrO5/c1-4-7-25-19-11-18-13(9-14(19)21)15(22)10-17(26-18)12-5-6-16(23-2)20(8-12)24-3/h5-6,8-11H,4,7H2,1-3H3. The third-order valence-electron chi connectivity index (χ3n) is 3.91. The van der Waals surface area contributed by atoms with E-state index in [-0.39, 0.29) is 5.43 Å². The highest BCUT2D eigenvalue weighted by Gasteiger charge is 2.13. The summed E-state index contributed by atoms with van der Waals surface area (Å²) in [7, 11) is 3.14. The molecule has 1 aromatic heterocycles. The van der Waals surface area contributed by atoms with Gasteiger partial charge in [0.1, 0.15) is 17.1 Å². The van der Waals surface area contributed by atoms with Crippen molar-refractivity contribution in [3.05, 3.63) is 51.1 Å². The second kappa shape index (κ2) is 7.83. The molecular formula is C20H19BrO5. The highest BCUT2D eigenvalue weighted by atomic mass is 79.9. The van der Waals surface area contributed by atoms with Gasteiger partial charge in [0.2, 0.25) is 0 Å². The normalized spacial score (nSPS) is 10.8. The number of rotatable bonds is 6. The van der Waals surface area contributed by atoms with Gasteiger partial charge in [0.05, 0.1) is 30.7 Å². The van der Waals surface area contributed by atoms with Crippen molar-refractivity contribution in [3.63, 3.8) is 0 Å². The Kier molecular flexibility index (Phi) is 5.52. The molecule has 2 aromatic carbocycles. The number of benzene rings is 2. The van der Waals surface area contributed by atoms with Crippen molar-refractivity contribution < 1.29 is 18.6 Å². The molecule has 6 heteroatoms. The molecule has 0 fully saturated rings. The maximum absolute atomic E-state index is 12.6. The van der Waals surface area contributed by atoms with Crippen LogP contribution in [0.1, 0.15) is 13.3 Å². The van der Waals surface area contributed by atoms with Crippen molar-refractivity contribution in [2.75, 3.05) is 20.8 Å². The van der Waals surface area contributed by atoms with Gasteiger partial charge >= 0.3 is 0 Å². The largest absolute Gasteiger partial charge is 0.493 e. The summed E-state index contributed by atoms with van der Waals surface area (Å²) in [6.45, 7) is 2.62. The van der Waals surface area contributed by atoms with Crippen molar-refractivity contribution in [2.45, 2.75) is 13.3 Å². The fourth-order valence-electron chi connectivity index (χ4n) is 2.61. The predicted octanol–water partition coefficient (Wildman–Crippen LogP) is 5.03. The van der Waals surface area contributed by atoms with Gasteiger partial charge in [0.25, 0.3) is 0 Å². The monoisotopic (exact) mass is 418 g/mol. The van der Waals surface area contributed by atoms with Gasteiger partial charge in [-0.1, -0.05) is 6.92 Å². The van der Waals surface area contributed by atoms with E-state index in [1.165, 1.54) is 6.07 Å². The van der Waals surface area contributed by atoms with E-state index in [1.54, 1.807) is 38.5 Å². The highest BCUT2D eigenvalue weighted by Crippen LogP contribution is 2.34. The van der Waals surface area contributed by atoms with Crippen LogP contribution in [-0.2, 0) is 0 Å². The second-order valence-corrected chi connectivity index (χ2v) is 6.53. The Morgan fingerprint density at radius 2 is 1.77 bits per heavy atom. The lowest BCUT2D eigenvalue weighted by atomic mass is 10.1. The Balaban J connectivity index is 2.13. The van der Waals surface area contributed by atoms with E-state index in [2.05, 4.69) is 15.9 Å². The Hall–Kier alpha value is -2.47. The topological polar surface area (TPSA) is 57.9 Å². The van der Waals surface area contributed by atoms with Crippen molar-refractivity contribution >= 4 is 26.9 Å². The number of hydrogen-bond acceptors (Lipinski definition) is 5. The molecule has 0 aliphatic heterocycles. The maximum atomic E-state index is 12.6. The lowest BCUT2D eigenvalue weighted by Gasteiger charge is -2.11. The minimum Gasteiger partial charge on any atom is -0.493 e. The van der Waals surface area contributed by atoms with Gasteiger partial charge < -0.3 is 18.6 Å². The Morgan fingerprint density at radius 1 is 1.00 bits per heavy atom. The first-order chi connectivity index (χ1) is 12.6. The fraction of sp³-hybridized carbons (Fsp3) is 0.250. The Bertz CT molecular complexity index is 993. The smallest absolute Gasteiger partial charge is 0.193 e. The minimum absolute atomic E-state index is 0.126. The average Bonchev–Trinajstić information content (AvgIpc) is 2.66. The first-order valence-electron chi connectivity index (χ1n) is 8.20. The predicted molar refractivity (Wildman–Crippen MR) is 105 cm³/mol. The van der Waals surface area contributed by atoms with Crippen LogP contribution >= 0.6 is 15.9 Å². The van der Waals surface area contributed by atoms with Gasteiger partial charge in [-0.05, 0) is 46.6 Å². The molecule has 0 aliphatic carbocycles. The van der Waals surface area contributed by atoms with E-state index in [0.29, 0.717) is 40.6 Å². The Labute approximate surface area is 159 Å². The van der Waals surface area contributed by atoms with Crippen LogP contribution in [0.15, 0.2) is 50.1 Å². The minimum atomic E-state index is -0.126. The third kappa shape index (κ3) is 3.55. The van der Waals surface area contributed by atoms with Gasteiger partial charge in [0.15, 0.2) is 16.9 Å². The quantitative estimate of drug-likeness (QED) is 0.561. The zero-order valence-corrected chi connectivity index (χ0v) is 16.4. The number of ether oxygens (including phenoxy) is 3. The van der Waals surface area contributed by atoms with Gasteiger partial charge in [0, 0.05) is 17.7 Å². The molecule has 5 nitrogen and oxygen atoms in total. The molecule has 136 valence electrons. The van der Waals surface area contributed by atoms with E-state index in [4.69, 9.17) is 18.6 Å². The fourth-order valence-corrected chi connectivity index (χ4v) is 3.07. The Morgan fingerprint density at radius 3 is 2.46 bits per heavy atom. The van der Waals surface area contributed by atoms with Crippen molar-refractivity contribution in [1.82, 2.24) is 0 Å². The lowest BCUT2D eigenvalue weighted by Crippen LogP contribution is -2.02. The van der Waals surface area contributed by atoms with E-state index in [0.717, 1.165) is 16.5 Å². The van der Waals surface area contributed by atoms with E-state index in [9.17, 15) is 4.79 Å². The third-order valence-corrected chi connectivity index (χ3v) is 4.53.